The Labute approximate surface area is 115 Å². The molecule has 0 saturated heterocycles. The number of para-hydroxylation sites is 1. The molecular weight excluding hydrogens is 234 g/mol. The van der Waals surface area contributed by atoms with Crippen molar-refractivity contribution in [3.05, 3.63) is 54.2 Å². The van der Waals surface area contributed by atoms with Crippen molar-refractivity contribution in [1.82, 2.24) is 4.98 Å². The van der Waals surface area contributed by atoms with Gasteiger partial charge in [0.1, 0.15) is 5.82 Å². The van der Waals surface area contributed by atoms with Crippen LogP contribution in [-0.2, 0) is 6.54 Å². The van der Waals surface area contributed by atoms with Gasteiger partial charge in [-0.3, -0.25) is 0 Å². The van der Waals surface area contributed by atoms with Gasteiger partial charge in [-0.1, -0.05) is 25.1 Å². The highest BCUT2D eigenvalue weighted by Gasteiger charge is 2.02. The number of hydrogen-bond donors (Lipinski definition) is 1. The zero-order valence-electron chi connectivity index (χ0n) is 11.6. The predicted octanol–water partition coefficient (Wildman–Crippen LogP) is 3.54. The first-order valence-corrected chi connectivity index (χ1v) is 6.74. The molecule has 0 radical (unpaired) electrons. The second-order valence-corrected chi connectivity index (χ2v) is 4.67. The van der Waals surface area contributed by atoms with Gasteiger partial charge in [0.2, 0.25) is 0 Å². The van der Waals surface area contributed by atoms with Crippen LogP contribution in [0.3, 0.4) is 0 Å². The molecule has 0 aliphatic carbocycles. The number of nitrogens with zero attached hydrogens (tertiary/aromatic N) is 2. The van der Waals surface area contributed by atoms with E-state index in [1.54, 1.807) is 0 Å². The summed E-state index contributed by atoms with van der Waals surface area (Å²) >= 11 is 0. The molecule has 0 aliphatic rings. The zero-order valence-corrected chi connectivity index (χ0v) is 11.6. The van der Waals surface area contributed by atoms with Crippen LogP contribution < -0.4 is 10.2 Å². The van der Waals surface area contributed by atoms with Gasteiger partial charge in [0.05, 0.1) is 0 Å². The van der Waals surface area contributed by atoms with Gasteiger partial charge in [-0.05, 0) is 36.2 Å². The number of hydrogen-bond acceptors (Lipinski definition) is 3. The maximum Gasteiger partial charge on any atom is 0.126 e. The van der Waals surface area contributed by atoms with Gasteiger partial charge < -0.3 is 10.2 Å². The Bertz CT molecular complexity index is 496. The lowest BCUT2D eigenvalue weighted by Crippen LogP contribution is -2.16. The van der Waals surface area contributed by atoms with Crippen molar-refractivity contribution in [2.24, 2.45) is 0 Å². The Morgan fingerprint density at radius 1 is 1.16 bits per heavy atom. The molecule has 2 rings (SSSR count). The Hall–Kier alpha value is -2.03. The van der Waals surface area contributed by atoms with E-state index in [0.717, 1.165) is 25.3 Å². The molecule has 0 bridgehead atoms. The first kappa shape index (κ1) is 13.4. The number of benzene rings is 1. The van der Waals surface area contributed by atoms with Crippen molar-refractivity contribution in [2.75, 3.05) is 23.8 Å². The number of nitrogens with one attached hydrogen (secondary N) is 1. The van der Waals surface area contributed by atoms with Gasteiger partial charge >= 0.3 is 0 Å². The third-order valence-electron chi connectivity index (χ3n) is 3.00. The van der Waals surface area contributed by atoms with E-state index in [0.29, 0.717) is 0 Å². The molecule has 3 nitrogen and oxygen atoms in total. The number of anilines is 2. The molecule has 0 aliphatic heterocycles. The summed E-state index contributed by atoms with van der Waals surface area (Å²) in [6.45, 7) is 4.00. The Morgan fingerprint density at radius 3 is 2.68 bits per heavy atom. The first-order valence-electron chi connectivity index (χ1n) is 6.74. The Balaban J connectivity index is 2.02. The molecule has 0 atom stereocenters. The largest absolute Gasteiger partial charge is 0.370 e. The molecule has 0 unspecified atom stereocenters. The van der Waals surface area contributed by atoms with Crippen molar-refractivity contribution < 1.29 is 0 Å². The molecule has 3 heteroatoms. The van der Waals surface area contributed by atoms with Crippen LogP contribution in [0.5, 0.6) is 0 Å². The lowest BCUT2D eigenvalue weighted by Gasteiger charge is -2.19. The van der Waals surface area contributed by atoms with Crippen molar-refractivity contribution in [3.8, 4) is 0 Å². The van der Waals surface area contributed by atoms with Crippen molar-refractivity contribution in [1.29, 1.82) is 0 Å². The fourth-order valence-corrected chi connectivity index (χ4v) is 1.97. The monoisotopic (exact) mass is 255 g/mol. The van der Waals surface area contributed by atoms with Crippen LogP contribution in [0.2, 0.25) is 0 Å². The minimum atomic E-state index is 0.882. The Morgan fingerprint density at radius 2 is 1.95 bits per heavy atom. The van der Waals surface area contributed by atoms with Gasteiger partial charge in [0.15, 0.2) is 0 Å². The van der Waals surface area contributed by atoms with Gasteiger partial charge in [0, 0.05) is 32.0 Å². The van der Waals surface area contributed by atoms with Crippen LogP contribution in [-0.4, -0.2) is 18.6 Å². The molecule has 1 N–H and O–H groups in total. The third-order valence-corrected chi connectivity index (χ3v) is 3.00. The van der Waals surface area contributed by atoms with Gasteiger partial charge in [-0.2, -0.15) is 0 Å². The minimum Gasteiger partial charge on any atom is -0.370 e. The normalized spacial score (nSPS) is 10.2. The summed E-state index contributed by atoms with van der Waals surface area (Å²) < 4.78 is 0. The average molecular weight is 255 g/mol. The topological polar surface area (TPSA) is 28.2 Å². The lowest BCUT2D eigenvalue weighted by molar-refractivity contribution is 0.916. The molecule has 100 valence electrons. The molecule has 2 aromatic rings. The van der Waals surface area contributed by atoms with Crippen molar-refractivity contribution in [3.63, 3.8) is 0 Å². The Kier molecular flexibility index (Phi) is 4.78. The van der Waals surface area contributed by atoms with E-state index in [1.165, 1.54) is 11.3 Å². The molecule has 0 saturated carbocycles. The fraction of sp³-hybridized carbons (Fsp3) is 0.312. The second kappa shape index (κ2) is 6.78. The van der Waals surface area contributed by atoms with E-state index >= 15 is 0 Å². The summed E-state index contributed by atoms with van der Waals surface area (Å²) in [7, 11) is 2.11. The molecule has 1 heterocycles. The van der Waals surface area contributed by atoms with E-state index in [4.69, 9.17) is 0 Å². The third kappa shape index (κ3) is 3.98. The van der Waals surface area contributed by atoms with Crippen LogP contribution in [0.4, 0.5) is 11.5 Å². The van der Waals surface area contributed by atoms with Gasteiger partial charge in [-0.25, -0.2) is 4.98 Å². The quantitative estimate of drug-likeness (QED) is 0.855. The smallest absolute Gasteiger partial charge is 0.126 e. The van der Waals surface area contributed by atoms with Crippen molar-refractivity contribution >= 4 is 11.5 Å². The standard InChI is InChI=1S/C16H21N3/c1-3-10-17-16-12-14(9-11-18-16)13-19(2)15-7-5-4-6-8-15/h4-9,11-12H,3,10,13H2,1-2H3,(H,17,18). The summed E-state index contributed by atoms with van der Waals surface area (Å²) in [5.74, 6) is 0.959. The van der Waals surface area contributed by atoms with Crippen LogP contribution in [0.1, 0.15) is 18.9 Å². The number of aromatic nitrogens is 1. The fourth-order valence-electron chi connectivity index (χ4n) is 1.97. The first-order chi connectivity index (χ1) is 9.29. The SMILES string of the molecule is CCCNc1cc(CN(C)c2ccccc2)ccn1. The van der Waals surface area contributed by atoms with E-state index in [2.05, 4.69) is 65.6 Å². The van der Waals surface area contributed by atoms with Crippen LogP contribution >= 0.6 is 0 Å². The predicted molar refractivity (Wildman–Crippen MR) is 81.6 cm³/mol. The lowest BCUT2D eigenvalue weighted by atomic mass is 10.2. The highest BCUT2D eigenvalue weighted by atomic mass is 15.1. The maximum atomic E-state index is 4.33. The molecular formula is C16H21N3. The van der Waals surface area contributed by atoms with Crippen LogP contribution in [0, 0.1) is 0 Å². The molecule has 1 aromatic heterocycles. The van der Waals surface area contributed by atoms with Crippen LogP contribution in [0.15, 0.2) is 48.7 Å². The minimum absolute atomic E-state index is 0.882. The average Bonchev–Trinajstić information content (AvgIpc) is 2.46. The summed E-state index contributed by atoms with van der Waals surface area (Å²) in [5, 5.41) is 3.32. The number of rotatable bonds is 6. The van der Waals surface area contributed by atoms with Crippen molar-refractivity contribution in [2.45, 2.75) is 19.9 Å². The molecule has 0 spiro atoms. The van der Waals surface area contributed by atoms with E-state index < -0.39 is 0 Å². The zero-order chi connectivity index (χ0) is 13.5. The van der Waals surface area contributed by atoms with Gasteiger partial charge in [-0.15, -0.1) is 0 Å². The number of pyridine rings is 1. The summed E-state index contributed by atoms with van der Waals surface area (Å²) in [5.41, 5.74) is 2.49. The summed E-state index contributed by atoms with van der Waals surface area (Å²) in [4.78, 5) is 6.56. The molecule has 19 heavy (non-hydrogen) atoms. The second-order valence-electron chi connectivity index (χ2n) is 4.67. The van der Waals surface area contributed by atoms with E-state index in [9.17, 15) is 0 Å². The van der Waals surface area contributed by atoms with Gasteiger partial charge in [0.25, 0.3) is 0 Å². The summed E-state index contributed by atoms with van der Waals surface area (Å²) in [6, 6.07) is 14.6. The van der Waals surface area contributed by atoms with E-state index in [-0.39, 0.29) is 0 Å². The molecule has 0 fully saturated rings. The summed E-state index contributed by atoms with van der Waals surface area (Å²) in [6.07, 6.45) is 2.97. The maximum absolute atomic E-state index is 4.33. The molecule has 1 aromatic carbocycles. The van der Waals surface area contributed by atoms with E-state index in [1.807, 2.05) is 12.3 Å². The molecule has 0 amide bonds. The van der Waals surface area contributed by atoms with Crippen LogP contribution in [0.25, 0.3) is 0 Å². The highest BCUT2D eigenvalue weighted by Crippen LogP contribution is 2.15. The highest BCUT2D eigenvalue weighted by molar-refractivity contribution is 5.46.